The molecule has 0 heterocycles. The molecule has 7 heteroatoms. The minimum absolute atomic E-state index is 0.00553. The van der Waals surface area contributed by atoms with Crippen molar-refractivity contribution in [1.29, 1.82) is 0 Å². The predicted octanol–water partition coefficient (Wildman–Crippen LogP) is 1.89. The lowest BCUT2D eigenvalue weighted by atomic mass is 10.2. The summed E-state index contributed by atoms with van der Waals surface area (Å²) >= 11 is 0. The topological polar surface area (TPSA) is 76.1 Å². The number of methoxy groups -OCH3 is 2. The molecule has 24 heavy (non-hydrogen) atoms. The largest absolute Gasteiger partial charge is 0.493 e. The highest BCUT2D eigenvalue weighted by Crippen LogP contribution is 2.31. The van der Waals surface area contributed by atoms with Crippen LogP contribution in [0.2, 0.25) is 0 Å². The third-order valence-corrected chi connectivity index (χ3v) is 5.39. The molecular formula is C17H21NO5S. The average molecular weight is 351 g/mol. The highest BCUT2D eigenvalue weighted by atomic mass is 32.2. The van der Waals surface area contributed by atoms with Gasteiger partial charge in [-0.25, -0.2) is 8.42 Å². The van der Waals surface area contributed by atoms with Gasteiger partial charge in [-0.3, -0.25) is 0 Å². The fourth-order valence-electron chi connectivity index (χ4n) is 2.31. The van der Waals surface area contributed by atoms with Gasteiger partial charge in [0, 0.05) is 19.2 Å². The van der Waals surface area contributed by atoms with E-state index in [1.54, 1.807) is 6.07 Å². The summed E-state index contributed by atoms with van der Waals surface area (Å²) < 4.78 is 37.4. The van der Waals surface area contributed by atoms with Gasteiger partial charge in [0.05, 0.1) is 25.7 Å². The first-order valence-corrected chi connectivity index (χ1v) is 8.84. The Morgan fingerprint density at radius 2 is 1.67 bits per heavy atom. The summed E-state index contributed by atoms with van der Waals surface area (Å²) in [6, 6.07) is 13.7. The maximum Gasteiger partial charge on any atom is 0.243 e. The first kappa shape index (κ1) is 18.3. The first-order valence-electron chi connectivity index (χ1n) is 7.40. The molecule has 2 aromatic carbocycles. The molecule has 0 spiro atoms. The van der Waals surface area contributed by atoms with E-state index in [9.17, 15) is 13.5 Å². The van der Waals surface area contributed by atoms with E-state index in [4.69, 9.17) is 9.47 Å². The minimum Gasteiger partial charge on any atom is -0.493 e. The van der Waals surface area contributed by atoms with Crippen molar-refractivity contribution in [2.75, 3.05) is 27.4 Å². The van der Waals surface area contributed by atoms with Crippen LogP contribution >= 0.6 is 0 Å². The number of aliphatic hydroxyl groups is 1. The van der Waals surface area contributed by atoms with Crippen molar-refractivity contribution in [2.45, 2.75) is 11.4 Å². The molecule has 0 aliphatic carbocycles. The van der Waals surface area contributed by atoms with Gasteiger partial charge in [0.15, 0.2) is 11.5 Å². The van der Waals surface area contributed by atoms with Crippen LogP contribution in [0.15, 0.2) is 53.4 Å². The standard InChI is InChI=1S/C17H21NO5S/c1-22-16-9-8-15(12-17(16)23-2)24(20,21)18(10-11-19)13-14-6-4-3-5-7-14/h3-9,12,19H,10-11,13H2,1-2H3. The molecule has 0 fully saturated rings. The van der Waals surface area contributed by atoms with Crippen molar-refractivity contribution in [1.82, 2.24) is 4.31 Å². The van der Waals surface area contributed by atoms with Gasteiger partial charge in [-0.15, -0.1) is 0 Å². The SMILES string of the molecule is COc1ccc(S(=O)(=O)N(CCO)Cc2ccccc2)cc1OC. The molecule has 0 amide bonds. The lowest BCUT2D eigenvalue weighted by Gasteiger charge is -2.22. The van der Waals surface area contributed by atoms with Crippen LogP contribution < -0.4 is 9.47 Å². The summed E-state index contributed by atoms with van der Waals surface area (Å²) in [5, 5.41) is 9.26. The Morgan fingerprint density at radius 3 is 2.25 bits per heavy atom. The molecule has 0 saturated heterocycles. The number of sulfonamides is 1. The first-order chi connectivity index (χ1) is 11.5. The third-order valence-electron chi connectivity index (χ3n) is 3.54. The molecule has 1 N–H and O–H groups in total. The maximum absolute atomic E-state index is 12.9. The number of hydrogen-bond donors (Lipinski definition) is 1. The molecule has 0 aromatic heterocycles. The summed E-state index contributed by atoms with van der Waals surface area (Å²) in [7, 11) is -0.847. The third kappa shape index (κ3) is 4.05. The number of hydrogen-bond acceptors (Lipinski definition) is 5. The van der Waals surface area contributed by atoms with Gasteiger partial charge < -0.3 is 14.6 Å². The monoisotopic (exact) mass is 351 g/mol. The van der Waals surface area contributed by atoms with Gasteiger partial charge in [-0.1, -0.05) is 30.3 Å². The van der Waals surface area contributed by atoms with Gasteiger partial charge >= 0.3 is 0 Å². The van der Waals surface area contributed by atoms with E-state index in [0.29, 0.717) is 11.5 Å². The highest BCUT2D eigenvalue weighted by Gasteiger charge is 2.25. The van der Waals surface area contributed by atoms with Crippen LogP contribution in [-0.4, -0.2) is 45.2 Å². The zero-order valence-corrected chi connectivity index (χ0v) is 14.5. The second-order valence-corrected chi connectivity index (χ2v) is 7.00. The molecule has 0 bridgehead atoms. The molecule has 0 radical (unpaired) electrons. The quantitative estimate of drug-likeness (QED) is 0.786. The molecule has 2 rings (SSSR count). The fraction of sp³-hybridized carbons (Fsp3) is 0.294. The van der Waals surface area contributed by atoms with Crippen LogP contribution in [0.4, 0.5) is 0 Å². The normalized spacial score (nSPS) is 11.5. The average Bonchev–Trinajstić information content (AvgIpc) is 2.61. The highest BCUT2D eigenvalue weighted by molar-refractivity contribution is 7.89. The molecule has 2 aromatic rings. The van der Waals surface area contributed by atoms with E-state index in [-0.39, 0.29) is 24.6 Å². The van der Waals surface area contributed by atoms with Crippen LogP contribution in [0.3, 0.4) is 0 Å². The summed E-state index contributed by atoms with van der Waals surface area (Å²) in [4.78, 5) is 0.0875. The molecular weight excluding hydrogens is 330 g/mol. The van der Waals surface area contributed by atoms with Crippen LogP contribution in [0.25, 0.3) is 0 Å². The minimum atomic E-state index is -3.78. The fourth-order valence-corrected chi connectivity index (χ4v) is 3.74. The number of nitrogens with zero attached hydrogens (tertiary/aromatic N) is 1. The Labute approximate surface area is 142 Å². The molecule has 130 valence electrons. The zero-order valence-electron chi connectivity index (χ0n) is 13.7. The Bertz CT molecular complexity index is 762. The Morgan fingerprint density at radius 1 is 1.00 bits per heavy atom. The predicted molar refractivity (Wildman–Crippen MR) is 90.7 cm³/mol. The Kier molecular flexibility index (Phi) is 6.19. The lowest BCUT2D eigenvalue weighted by Crippen LogP contribution is -2.33. The van der Waals surface area contributed by atoms with Crippen LogP contribution in [0.5, 0.6) is 11.5 Å². The molecule has 0 aliphatic heterocycles. The van der Waals surface area contributed by atoms with Crippen molar-refractivity contribution in [3.8, 4) is 11.5 Å². The van der Waals surface area contributed by atoms with Crippen LogP contribution in [-0.2, 0) is 16.6 Å². The summed E-state index contributed by atoms with van der Waals surface area (Å²) in [6.07, 6.45) is 0. The molecule has 6 nitrogen and oxygen atoms in total. The number of ether oxygens (including phenoxy) is 2. The molecule has 0 unspecified atom stereocenters. The van der Waals surface area contributed by atoms with Gasteiger partial charge in [-0.05, 0) is 17.7 Å². The van der Waals surface area contributed by atoms with E-state index in [1.807, 2.05) is 30.3 Å². The van der Waals surface area contributed by atoms with Gasteiger partial charge in [-0.2, -0.15) is 4.31 Å². The summed E-state index contributed by atoms with van der Waals surface area (Å²) in [5.41, 5.74) is 0.843. The van der Waals surface area contributed by atoms with Gasteiger partial charge in [0.1, 0.15) is 0 Å². The maximum atomic E-state index is 12.9. The number of rotatable bonds is 8. The second-order valence-electron chi connectivity index (χ2n) is 5.06. The van der Waals surface area contributed by atoms with Crippen molar-refractivity contribution in [3.05, 3.63) is 54.1 Å². The van der Waals surface area contributed by atoms with E-state index in [0.717, 1.165) is 5.56 Å². The van der Waals surface area contributed by atoms with Crippen LogP contribution in [0, 0.1) is 0 Å². The van der Waals surface area contributed by atoms with E-state index >= 15 is 0 Å². The van der Waals surface area contributed by atoms with E-state index in [1.165, 1.54) is 30.7 Å². The number of benzene rings is 2. The lowest BCUT2D eigenvalue weighted by molar-refractivity contribution is 0.251. The van der Waals surface area contributed by atoms with Crippen molar-refractivity contribution >= 4 is 10.0 Å². The number of aliphatic hydroxyl groups excluding tert-OH is 1. The Hall–Kier alpha value is -2.09. The second kappa shape index (κ2) is 8.14. The van der Waals surface area contributed by atoms with E-state index in [2.05, 4.69) is 0 Å². The van der Waals surface area contributed by atoms with Crippen LogP contribution in [0.1, 0.15) is 5.56 Å². The van der Waals surface area contributed by atoms with Crippen molar-refractivity contribution in [2.24, 2.45) is 0 Å². The Balaban J connectivity index is 2.37. The molecule has 0 saturated carbocycles. The van der Waals surface area contributed by atoms with Crippen molar-refractivity contribution < 1.29 is 23.0 Å². The van der Waals surface area contributed by atoms with E-state index < -0.39 is 10.0 Å². The molecule has 0 aliphatic rings. The smallest absolute Gasteiger partial charge is 0.243 e. The van der Waals surface area contributed by atoms with Gasteiger partial charge in [0.25, 0.3) is 0 Å². The van der Waals surface area contributed by atoms with Gasteiger partial charge in [0.2, 0.25) is 10.0 Å². The van der Waals surface area contributed by atoms with Crippen molar-refractivity contribution in [3.63, 3.8) is 0 Å². The summed E-state index contributed by atoms with van der Waals surface area (Å²) in [5.74, 6) is 0.787. The molecule has 0 atom stereocenters. The summed E-state index contributed by atoms with van der Waals surface area (Å²) in [6.45, 7) is -0.0804. The zero-order chi connectivity index (χ0) is 17.6.